The molecule has 118 valence electrons. The van der Waals surface area contributed by atoms with E-state index in [1.807, 2.05) is 19.1 Å². The summed E-state index contributed by atoms with van der Waals surface area (Å²) in [6, 6.07) is 5.58. The molecule has 1 saturated heterocycles. The molecule has 0 saturated carbocycles. The number of rotatable bonds is 3. The Morgan fingerprint density at radius 1 is 1.45 bits per heavy atom. The van der Waals surface area contributed by atoms with E-state index in [0.717, 1.165) is 11.3 Å². The van der Waals surface area contributed by atoms with Gasteiger partial charge in [0, 0.05) is 18.7 Å². The van der Waals surface area contributed by atoms with Crippen molar-refractivity contribution in [3.05, 3.63) is 23.8 Å². The number of anilines is 1. The molecule has 0 radical (unpaired) electrons. The molecule has 2 aliphatic rings. The highest BCUT2D eigenvalue weighted by Gasteiger charge is 2.24. The molecule has 1 aromatic rings. The molecule has 6 nitrogen and oxygen atoms in total. The van der Waals surface area contributed by atoms with Crippen molar-refractivity contribution in [2.45, 2.75) is 25.8 Å². The lowest BCUT2D eigenvalue weighted by Gasteiger charge is -2.33. The van der Waals surface area contributed by atoms with Gasteiger partial charge in [0.15, 0.2) is 6.61 Å². The van der Waals surface area contributed by atoms with E-state index in [1.54, 1.807) is 11.0 Å². The summed E-state index contributed by atoms with van der Waals surface area (Å²) in [4.78, 5) is 25.3. The van der Waals surface area contributed by atoms with Gasteiger partial charge < -0.3 is 19.7 Å². The summed E-state index contributed by atoms with van der Waals surface area (Å²) in [5.41, 5.74) is 1.88. The highest BCUT2D eigenvalue weighted by molar-refractivity contribution is 5.94. The van der Waals surface area contributed by atoms with Gasteiger partial charge in [0.25, 0.3) is 5.91 Å². The number of hydrogen-bond acceptors (Lipinski definition) is 4. The van der Waals surface area contributed by atoms with Crippen molar-refractivity contribution in [3.63, 3.8) is 0 Å². The number of nitrogens with one attached hydrogen (secondary N) is 1. The third kappa shape index (κ3) is 3.22. The molecule has 2 heterocycles. The standard InChI is InChI=1S/C16H20N2O4/c1-11-9-21-7-6-18(11)16(20)10-22-13-3-4-14-12(8-13)2-5-15(19)17-14/h3-4,8,11H,2,5-7,9-10H2,1H3,(H,17,19)/t11-/m0/s1. The Labute approximate surface area is 129 Å². The molecule has 0 bridgehead atoms. The van der Waals surface area contributed by atoms with Crippen LogP contribution in [0.4, 0.5) is 5.69 Å². The van der Waals surface area contributed by atoms with E-state index in [-0.39, 0.29) is 24.5 Å². The number of morpholine rings is 1. The van der Waals surface area contributed by atoms with Crippen molar-refractivity contribution >= 4 is 17.5 Å². The van der Waals surface area contributed by atoms with Crippen LogP contribution in [-0.2, 0) is 20.7 Å². The molecule has 1 fully saturated rings. The molecule has 1 N–H and O–H groups in total. The lowest BCUT2D eigenvalue weighted by atomic mass is 10.0. The number of ether oxygens (including phenoxy) is 2. The number of carbonyl (C=O) groups is 2. The van der Waals surface area contributed by atoms with E-state index < -0.39 is 0 Å². The van der Waals surface area contributed by atoms with Gasteiger partial charge in [0.2, 0.25) is 5.91 Å². The highest BCUT2D eigenvalue weighted by Crippen LogP contribution is 2.26. The maximum atomic E-state index is 12.2. The Bertz CT molecular complexity index is 588. The quantitative estimate of drug-likeness (QED) is 0.911. The minimum Gasteiger partial charge on any atom is -0.484 e. The van der Waals surface area contributed by atoms with Crippen LogP contribution in [0.5, 0.6) is 5.75 Å². The zero-order valence-corrected chi connectivity index (χ0v) is 12.6. The number of hydrogen-bond donors (Lipinski definition) is 1. The van der Waals surface area contributed by atoms with Crippen LogP contribution >= 0.6 is 0 Å². The van der Waals surface area contributed by atoms with E-state index >= 15 is 0 Å². The van der Waals surface area contributed by atoms with Gasteiger partial charge in [-0.25, -0.2) is 0 Å². The summed E-state index contributed by atoms with van der Waals surface area (Å²) in [6.07, 6.45) is 1.19. The zero-order valence-electron chi connectivity index (χ0n) is 12.6. The number of benzene rings is 1. The lowest BCUT2D eigenvalue weighted by molar-refractivity contribution is -0.141. The predicted molar refractivity (Wildman–Crippen MR) is 80.9 cm³/mol. The number of nitrogens with zero attached hydrogens (tertiary/aromatic N) is 1. The summed E-state index contributed by atoms with van der Waals surface area (Å²) in [7, 11) is 0. The maximum Gasteiger partial charge on any atom is 0.260 e. The van der Waals surface area contributed by atoms with Crippen LogP contribution in [0.25, 0.3) is 0 Å². The summed E-state index contributed by atoms with van der Waals surface area (Å²) in [5.74, 6) is 0.670. The number of aryl methyl sites for hydroxylation is 1. The molecule has 22 heavy (non-hydrogen) atoms. The molecule has 0 unspecified atom stereocenters. The molecule has 0 spiro atoms. The van der Waals surface area contributed by atoms with Crippen LogP contribution in [-0.4, -0.2) is 49.1 Å². The third-order valence-corrected chi connectivity index (χ3v) is 4.02. The topological polar surface area (TPSA) is 67.9 Å². The Balaban J connectivity index is 1.59. The number of carbonyl (C=O) groups excluding carboxylic acids is 2. The van der Waals surface area contributed by atoms with Crippen molar-refractivity contribution in [1.82, 2.24) is 4.90 Å². The van der Waals surface area contributed by atoms with E-state index in [4.69, 9.17) is 9.47 Å². The molecule has 3 rings (SSSR count). The summed E-state index contributed by atoms with van der Waals surface area (Å²) in [5, 5.41) is 2.83. The number of fused-ring (bicyclic) bond motifs is 1. The van der Waals surface area contributed by atoms with Crippen LogP contribution in [0, 0.1) is 0 Å². The third-order valence-electron chi connectivity index (χ3n) is 4.02. The lowest BCUT2D eigenvalue weighted by Crippen LogP contribution is -2.48. The van der Waals surface area contributed by atoms with Gasteiger partial charge in [-0.05, 0) is 37.1 Å². The van der Waals surface area contributed by atoms with Gasteiger partial charge in [-0.15, -0.1) is 0 Å². The molecule has 2 aliphatic heterocycles. The summed E-state index contributed by atoms with van der Waals surface area (Å²) in [6.45, 7) is 3.76. The average Bonchev–Trinajstić information content (AvgIpc) is 2.53. The molecule has 0 aromatic heterocycles. The minimum atomic E-state index is -0.0261. The SMILES string of the molecule is C[C@H]1COCCN1C(=O)COc1ccc2c(c1)CCC(=O)N2. The molecule has 6 heteroatoms. The molecule has 1 aromatic carbocycles. The summed E-state index contributed by atoms with van der Waals surface area (Å²) < 4.78 is 10.9. The Kier molecular flexibility index (Phi) is 4.29. The first-order chi connectivity index (χ1) is 10.6. The first-order valence-corrected chi connectivity index (χ1v) is 7.56. The fourth-order valence-corrected chi connectivity index (χ4v) is 2.78. The Hall–Kier alpha value is -2.08. The van der Waals surface area contributed by atoms with Crippen LogP contribution in [0.15, 0.2) is 18.2 Å². The smallest absolute Gasteiger partial charge is 0.260 e. The molecule has 2 amide bonds. The van der Waals surface area contributed by atoms with Gasteiger partial charge in [-0.2, -0.15) is 0 Å². The molecule has 0 aliphatic carbocycles. The van der Waals surface area contributed by atoms with Crippen molar-refractivity contribution in [1.29, 1.82) is 0 Å². The van der Waals surface area contributed by atoms with Crippen LogP contribution < -0.4 is 10.1 Å². The van der Waals surface area contributed by atoms with Crippen molar-refractivity contribution in [2.24, 2.45) is 0 Å². The first kappa shape index (κ1) is 14.8. The monoisotopic (exact) mass is 304 g/mol. The Morgan fingerprint density at radius 2 is 2.32 bits per heavy atom. The van der Waals surface area contributed by atoms with E-state index in [0.29, 0.717) is 38.3 Å². The first-order valence-electron chi connectivity index (χ1n) is 7.56. The van der Waals surface area contributed by atoms with Gasteiger partial charge >= 0.3 is 0 Å². The second-order valence-corrected chi connectivity index (χ2v) is 5.67. The van der Waals surface area contributed by atoms with Gasteiger partial charge in [-0.3, -0.25) is 9.59 Å². The molecular formula is C16H20N2O4. The number of amides is 2. The second kappa shape index (κ2) is 6.36. The molecular weight excluding hydrogens is 284 g/mol. The van der Waals surface area contributed by atoms with Crippen LogP contribution in [0.1, 0.15) is 18.9 Å². The largest absolute Gasteiger partial charge is 0.484 e. The van der Waals surface area contributed by atoms with Crippen LogP contribution in [0.2, 0.25) is 0 Å². The Morgan fingerprint density at radius 3 is 3.14 bits per heavy atom. The maximum absolute atomic E-state index is 12.2. The van der Waals surface area contributed by atoms with Crippen LogP contribution in [0.3, 0.4) is 0 Å². The fourth-order valence-electron chi connectivity index (χ4n) is 2.78. The zero-order chi connectivity index (χ0) is 15.5. The van der Waals surface area contributed by atoms with Crippen molar-refractivity contribution < 1.29 is 19.1 Å². The fraction of sp³-hybridized carbons (Fsp3) is 0.500. The highest BCUT2D eigenvalue weighted by atomic mass is 16.5. The second-order valence-electron chi connectivity index (χ2n) is 5.67. The van der Waals surface area contributed by atoms with Gasteiger partial charge in [-0.1, -0.05) is 0 Å². The van der Waals surface area contributed by atoms with Crippen molar-refractivity contribution in [2.75, 3.05) is 31.7 Å². The average molecular weight is 304 g/mol. The normalized spacial score (nSPS) is 21.0. The van der Waals surface area contributed by atoms with E-state index in [1.165, 1.54) is 0 Å². The molecule has 1 atom stereocenters. The van der Waals surface area contributed by atoms with Gasteiger partial charge in [0.05, 0.1) is 19.3 Å². The van der Waals surface area contributed by atoms with Crippen molar-refractivity contribution in [3.8, 4) is 5.75 Å². The van der Waals surface area contributed by atoms with Gasteiger partial charge in [0.1, 0.15) is 5.75 Å². The predicted octanol–water partition coefficient (Wildman–Crippen LogP) is 1.20. The van der Waals surface area contributed by atoms with E-state index in [9.17, 15) is 9.59 Å². The summed E-state index contributed by atoms with van der Waals surface area (Å²) >= 11 is 0. The minimum absolute atomic E-state index is 0.0233. The van der Waals surface area contributed by atoms with E-state index in [2.05, 4.69) is 5.32 Å².